The van der Waals surface area contributed by atoms with Crippen LogP contribution in [0.1, 0.15) is 19.8 Å². The number of carbonyl (C=O) groups excluding carboxylic acids is 1. The SMILES string of the molecule is COc1ccc(S(=O)(=O)OC(C)C(=O)OCC2CCCO2)cc1. The summed E-state index contributed by atoms with van der Waals surface area (Å²) in [5.74, 6) is -0.217. The fourth-order valence-electron chi connectivity index (χ4n) is 2.10. The van der Waals surface area contributed by atoms with Crippen LogP contribution >= 0.6 is 0 Å². The molecule has 1 aliphatic rings. The molecule has 2 atom stereocenters. The third-order valence-electron chi connectivity index (χ3n) is 3.39. The quantitative estimate of drug-likeness (QED) is 0.547. The molecular weight excluding hydrogens is 324 g/mol. The van der Waals surface area contributed by atoms with E-state index in [4.69, 9.17) is 18.4 Å². The van der Waals surface area contributed by atoms with Crippen LogP contribution in [0.25, 0.3) is 0 Å². The molecule has 0 aliphatic carbocycles. The van der Waals surface area contributed by atoms with Gasteiger partial charge in [0.05, 0.1) is 18.1 Å². The van der Waals surface area contributed by atoms with Crippen molar-refractivity contribution in [2.45, 2.75) is 36.9 Å². The van der Waals surface area contributed by atoms with Gasteiger partial charge in [-0.15, -0.1) is 0 Å². The van der Waals surface area contributed by atoms with Crippen molar-refractivity contribution in [2.24, 2.45) is 0 Å². The second-order valence-corrected chi connectivity index (χ2v) is 6.71. The van der Waals surface area contributed by atoms with Gasteiger partial charge in [0, 0.05) is 6.61 Å². The fourth-order valence-corrected chi connectivity index (χ4v) is 3.13. The lowest BCUT2D eigenvalue weighted by atomic mass is 10.2. The molecular formula is C15H20O7S. The van der Waals surface area contributed by atoms with E-state index in [9.17, 15) is 13.2 Å². The van der Waals surface area contributed by atoms with Crippen molar-refractivity contribution in [3.63, 3.8) is 0 Å². The number of esters is 1. The van der Waals surface area contributed by atoms with Crippen LogP contribution in [0.3, 0.4) is 0 Å². The first-order valence-electron chi connectivity index (χ1n) is 7.28. The first kappa shape index (κ1) is 17.7. The van der Waals surface area contributed by atoms with Crippen LogP contribution in [0.15, 0.2) is 29.2 Å². The molecule has 0 N–H and O–H groups in total. The molecule has 1 aromatic rings. The monoisotopic (exact) mass is 344 g/mol. The molecule has 0 amide bonds. The second-order valence-electron chi connectivity index (χ2n) is 5.13. The lowest BCUT2D eigenvalue weighted by molar-refractivity contribution is -0.154. The Kier molecular flexibility index (Phi) is 5.97. The van der Waals surface area contributed by atoms with Crippen molar-refractivity contribution in [2.75, 3.05) is 20.3 Å². The van der Waals surface area contributed by atoms with Gasteiger partial charge in [-0.3, -0.25) is 4.18 Å². The molecule has 1 aliphatic heterocycles. The molecule has 0 spiro atoms. The summed E-state index contributed by atoms with van der Waals surface area (Å²) in [4.78, 5) is 11.8. The first-order valence-corrected chi connectivity index (χ1v) is 8.69. The maximum absolute atomic E-state index is 12.1. The van der Waals surface area contributed by atoms with Gasteiger partial charge in [-0.05, 0) is 44.0 Å². The number of hydrogen-bond acceptors (Lipinski definition) is 7. The molecule has 0 radical (unpaired) electrons. The van der Waals surface area contributed by atoms with Gasteiger partial charge in [0.15, 0.2) is 6.10 Å². The molecule has 1 heterocycles. The fraction of sp³-hybridized carbons (Fsp3) is 0.533. The molecule has 1 fully saturated rings. The molecule has 0 aromatic heterocycles. The van der Waals surface area contributed by atoms with Crippen molar-refractivity contribution in [1.82, 2.24) is 0 Å². The lowest BCUT2D eigenvalue weighted by Gasteiger charge is -2.15. The number of hydrogen-bond donors (Lipinski definition) is 0. The van der Waals surface area contributed by atoms with Crippen LogP contribution < -0.4 is 4.74 Å². The van der Waals surface area contributed by atoms with Crippen LogP contribution in [0.2, 0.25) is 0 Å². The number of rotatable bonds is 7. The maximum atomic E-state index is 12.1. The summed E-state index contributed by atoms with van der Waals surface area (Å²) in [5.41, 5.74) is 0. The predicted octanol–water partition coefficient (Wildman–Crippen LogP) is 1.51. The summed E-state index contributed by atoms with van der Waals surface area (Å²) in [6.45, 7) is 2.09. The van der Waals surface area contributed by atoms with Gasteiger partial charge >= 0.3 is 5.97 Å². The highest BCUT2D eigenvalue weighted by Gasteiger charge is 2.26. The van der Waals surface area contributed by atoms with Crippen molar-refractivity contribution < 1.29 is 31.6 Å². The van der Waals surface area contributed by atoms with E-state index in [1.54, 1.807) is 0 Å². The van der Waals surface area contributed by atoms with E-state index in [0.29, 0.717) is 12.4 Å². The largest absolute Gasteiger partial charge is 0.497 e. The topological polar surface area (TPSA) is 88.1 Å². The highest BCUT2D eigenvalue weighted by molar-refractivity contribution is 7.86. The maximum Gasteiger partial charge on any atom is 0.336 e. The van der Waals surface area contributed by atoms with Crippen LogP contribution in [-0.4, -0.2) is 46.9 Å². The van der Waals surface area contributed by atoms with Crippen LogP contribution in [0, 0.1) is 0 Å². The van der Waals surface area contributed by atoms with E-state index in [1.807, 2.05) is 0 Å². The molecule has 2 rings (SSSR count). The van der Waals surface area contributed by atoms with Crippen molar-refractivity contribution >= 4 is 16.1 Å². The summed E-state index contributed by atoms with van der Waals surface area (Å²) in [5, 5.41) is 0. The third kappa shape index (κ3) is 4.92. The summed E-state index contributed by atoms with van der Waals surface area (Å²) >= 11 is 0. The second kappa shape index (κ2) is 7.76. The zero-order valence-corrected chi connectivity index (χ0v) is 13.9. The van der Waals surface area contributed by atoms with E-state index in [2.05, 4.69) is 0 Å². The predicted molar refractivity (Wildman–Crippen MR) is 80.7 cm³/mol. The molecule has 128 valence electrons. The highest BCUT2D eigenvalue weighted by Crippen LogP contribution is 2.19. The molecule has 2 unspecified atom stereocenters. The molecule has 0 bridgehead atoms. The number of ether oxygens (including phenoxy) is 3. The van der Waals surface area contributed by atoms with E-state index < -0.39 is 22.2 Å². The third-order valence-corrected chi connectivity index (χ3v) is 4.78. The van der Waals surface area contributed by atoms with Gasteiger partial charge in [0.25, 0.3) is 10.1 Å². The van der Waals surface area contributed by atoms with Gasteiger partial charge in [0.2, 0.25) is 0 Å². The molecule has 7 nitrogen and oxygen atoms in total. The number of benzene rings is 1. The summed E-state index contributed by atoms with van der Waals surface area (Å²) in [7, 11) is -2.58. The molecule has 1 saturated heterocycles. The Balaban J connectivity index is 1.91. The van der Waals surface area contributed by atoms with Crippen molar-refractivity contribution in [1.29, 1.82) is 0 Å². The first-order chi connectivity index (χ1) is 10.9. The number of carbonyl (C=O) groups is 1. The highest BCUT2D eigenvalue weighted by atomic mass is 32.2. The van der Waals surface area contributed by atoms with Gasteiger partial charge in [-0.1, -0.05) is 0 Å². The van der Waals surface area contributed by atoms with E-state index in [1.165, 1.54) is 38.3 Å². The van der Waals surface area contributed by atoms with E-state index >= 15 is 0 Å². The Labute approximate surface area is 135 Å². The molecule has 8 heteroatoms. The standard InChI is InChI=1S/C15H20O7S/c1-11(15(16)21-10-13-4-3-9-20-13)22-23(17,18)14-7-5-12(19-2)6-8-14/h5-8,11,13H,3-4,9-10H2,1-2H3. The van der Waals surface area contributed by atoms with Crippen LogP contribution in [0.4, 0.5) is 0 Å². The zero-order chi connectivity index (χ0) is 16.9. The Morgan fingerprint density at radius 1 is 1.35 bits per heavy atom. The van der Waals surface area contributed by atoms with Crippen molar-refractivity contribution in [3.05, 3.63) is 24.3 Å². The summed E-state index contributed by atoms with van der Waals surface area (Å²) in [6, 6.07) is 5.69. The van der Waals surface area contributed by atoms with Crippen LogP contribution in [0.5, 0.6) is 5.75 Å². The van der Waals surface area contributed by atoms with Gasteiger partial charge in [0.1, 0.15) is 12.4 Å². The minimum atomic E-state index is -4.05. The molecule has 1 aromatic carbocycles. The summed E-state index contributed by atoms with van der Waals surface area (Å²) in [6.07, 6.45) is 0.403. The Hall–Kier alpha value is -1.64. The van der Waals surface area contributed by atoms with Crippen molar-refractivity contribution in [3.8, 4) is 5.75 Å². The average Bonchev–Trinajstić information content (AvgIpc) is 3.05. The zero-order valence-electron chi connectivity index (χ0n) is 13.1. The van der Waals surface area contributed by atoms with E-state index in [0.717, 1.165) is 12.8 Å². The smallest absolute Gasteiger partial charge is 0.336 e. The van der Waals surface area contributed by atoms with Gasteiger partial charge < -0.3 is 14.2 Å². The normalized spacial score (nSPS) is 19.3. The minimum absolute atomic E-state index is 0.0583. The van der Waals surface area contributed by atoms with Gasteiger partial charge in [-0.25, -0.2) is 4.79 Å². The minimum Gasteiger partial charge on any atom is -0.497 e. The van der Waals surface area contributed by atoms with Gasteiger partial charge in [-0.2, -0.15) is 8.42 Å². The Morgan fingerprint density at radius 2 is 2.04 bits per heavy atom. The lowest BCUT2D eigenvalue weighted by Crippen LogP contribution is -2.29. The average molecular weight is 344 g/mol. The summed E-state index contributed by atoms with van der Waals surface area (Å²) < 4.78 is 44.4. The molecule has 23 heavy (non-hydrogen) atoms. The molecule has 0 saturated carbocycles. The Morgan fingerprint density at radius 3 is 2.61 bits per heavy atom. The number of methoxy groups -OCH3 is 1. The van der Waals surface area contributed by atoms with E-state index in [-0.39, 0.29) is 17.6 Å². The van der Waals surface area contributed by atoms with Crippen LogP contribution in [-0.2, 0) is 28.6 Å². The Bertz CT molecular complexity index is 618.